The minimum absolute atomic E-state index is 0.514. The average Bonchev–Trinajstić information content (AvgIpc) is 2.22. The third-order valence-electron chi connectivity index (χ3n) is 2.95. The smallest absolute Gasteiger partial charge is 0.0583 e. The summed E-state index contributed by atoms with van der Waals surface area (Å²) in [5.74, 6) is 0.514. The van der Waals surface area contributed by atoms with Gasteiger partial charge in [-0.1, -0.05) is 45.2 Å². The van der Waals surface area contributed by atoms with Crippen LogP contribution in [-0.4, -0.2) is 0 Å². The van der Waals surface area contributed by atoms with Gasteiger partial charge in [0.2, 0.25) is 0 Å². The fraction of sp³-hybridized carbons (Fsp3) is 0.538. The van der Waals surface area contributed by atoms with Crippen LogP contribution in [0.2, 0.25) is 0 Å². The molecule has 4 N–H and O–H groups in total. The molecule has 0 aliphatic carbocycles. The summed E-state index contributed by atoms with van der Waals surface area (Å²) < 4.78 is 0. The summed E-state index contributed by atoms with van der Waals surface area (Å²) in [6.07, 6.45) is 5.03. The lowest BCUT2D eigenvalue weighted by molar-refractivity contribution is 0.599. The zero-order chi connectivity index (χ0) is 11.3. The van der Waals surface area contributed by atoms with E-state index in [-0.39, 0.29) is 0 Å². The van der Waals surface area contributed by atoms with Gasteiger partial charge in [0, 0.05) is 0 Å². The van der Waals surface area contributed by atoms with Crippen LogP contribution in [0.4, 0.5) is 11.4 Å². The number of anilines is 2. The van der Waals surface area contributed by atoms with E-state index in [1.807, 2.05) is 12.1 Å². The zero-order valence-electron chi connectivity index (χ0n) is 9.79. The Hall–Kier alpha value is -1.18. The summed E-state index contributed by atoms with van der Waals surface area (Å²) >= 11 is 0. The third-order valence-corrected chi connectivity index (χ3v) is 2.95. The number of rotatable bonds is 5. The molecule has 0 saturated carbocycles. The highest BCUT2D eigenvalue weighted by molar-refractivity contribution is 5.67. The maximum atomic E-state index is 5.96. The predicted octanol–water partition coefficient (Wildman–Crippen LogP) is 3.53. The Labute approximate surface area is 92.7 Å². The van der Waals surface area contributed by atoms with Crippen molar-refractivity contribution < 1.29 is 0 Å². The molecule has 0 fully saturated rings. The van der Waals surface area contributed by atoms with Gasteiger partial charge in [0.1, 0.15) is 0 Å². The molecule has 2 nitrogen and oxygen atoms in total. The maximum absolute atomic E-state index is 5.96. The van der Waals surface area contributed by atoms with Crippen molar-refractivity contribution in [2.45, 2.75) is 45.4 Å². The van der Waals surface area contributed by atoms with Crippen LogP contribution in [0.15, 0.2) is 18.2 Å². The van der Waals surface area contributed by atoms with Crippen molar-refractivity contribution in [2.24, 2.45) is 0 Å². The van der Waals surface area contributed by atoms with Gasteiger partial charge in [-0.05, 0) is 24.0 Å². The molecule has 2 heteroatoms. The largest absolute Gasteiger partial charge is 0.397 e. The molecule has 0 aromatic heterocycles. The van der Waals surface area contributed by atoms with Gasteiger partial charge in [0.15, 0.2) is 0 Å². The van der Waals surface area contributed by atoms with E-state index in [0.29, 0.717) is 11.6 Å². The second-order valence-corrected chi connectivity index (χ2v) is 4.25. The molecule has 0 heterocycles. The zero-order valence-corrected chi connectivity index (χ0v) is 9.79. The maximum Gasteiger partial charge on any atom is 0.0583 e. The number of hydrogen-bond acceptors (Lipinski definition) is 2. The molecule has 1 aromatic rings. The van der Waals surface area contributed by atoms with Crippen LogP contribution in [-0.2, 0) is 0 Å². The number of benzene rings is 1. The van der Waals surface area contributed by atoms with E-state index >= 15 is 0 Å². The van der Waals surface area contributed by atoms with Gasteiger partial charge in [0.25, 0.3) is 0 Å². The van der Waals surface area contributed by atoms with E-state index in [2.05, 4.69) is 19.9 Å². The van der Waals surface area contributed by atoms with Crippen LogP contribution in [0, 0.1) is 0 Å². The molecule has 0 aliphatic rings. The molecular formula is C13H22N2. The molecule has 84 valence electrons. The Morgan fingerprint density at radius 3 is 2.60 bits per heavy atom. The Morgan fingerprint density at radius 2 is 1.93 bits per heavy atom. The summed E-state index contributed by atoms with van der Waals surface area (Å²) in [6.45, 7) is 4.44. The van der Waals surface area contributed by atoms with Crippen molar-refractivity contribution in [3.05, 3.63) is 23.8 Å². The van der Waals surface area contributed by atoms with Gasteiger partial charge < -0.3 is 11.5 Å². The quantitative estimate of drug-likeness (QED) is 0.572. The van der Waals surface area contributed by atoms with Crippen LogP contribution in [0.5, 0.6) is 0 Å². The molecule has 1 unspecified atom stereocenters. The van der Waals surface area contributed by atoms with E-state index in [9.17, 15) is 0 Å². The molecule has 0 spiro atoms. The van der Waals surface area contributed by atoms with E-state index < -0.39 is 0 Å². The van der Waals surface area contributed by atoms with E-state index in [0.717, 1.165) is 5.69 Å². The first-order chi connectivity index (χ1) is 7.16. The third kappa shape index (κ3) is 3.15. The lowest BCUT2D eigenvalue weighted by Gasteiger charge is -2.15. The van der Waals surface area contributed by atoms with Crippen molar-refractivity contribution in [2.75, 3.05) is 11.5 Å². The first-order valence-electron chi connectivity index (χ1n) is 5.80. The molecule has 1 atom stereocenters. The molecule has 15 heavy (non-hydrogen) atoms. The molecular weight excluding hydrogens is 184 g/mol. The lowest BCUT2D eigenvalue weighted by Crippen LogP contribution is -2.03. The van der Waals surface area contributed by atoms with Gasteiger partial charge in [-0.3, -0.25) is 0 Å². The molecule has 0 saturated heterocycles. The summed E-state index contributed by atoms with van der Waals surface area (Å²) in [5, 5.41) is 0. The number of hydrogen-bond donors (Lipinski definition) is 2. The van der Waals surface area contributed by atoms with E-state index in [1.54, 1.807) is 0 Å². The first-order valence-corrected chi connectivity index (χ1v) is 5.80. The first kappa shape index (κ1) is 11.9. The topological polar surface area (TPSA) is 52.0 Å². The summed E-state index contributed by atoms with van der Waals surface area (Å²) in [4.78, 5) is 0. The van der Waals surface area contributed by atoms with Gasteiger partial charge in [-0.2, -0.15) is 0 Å². The highest BCUT2D eigenvalue weighted by Gasteiger charge is 2.09. The second kappa shape index (κ2) is 5.64. The number of unbranched alkanes of at least 4 members (excludes halogenated alkanes) is 2. The highest BCUT2D eigenvalue weighted by Crippen LogP contribution is 2.30. The van der Waals surface area contributed by atoms with Gasteiger partial charge in [-0.15, -0.1) is 0 Å². The Bertz CT molecular complexity index is 307. The van der Waals surface area contributed by atoms with Crippen molar-refractivity contribution in [3.63, 3.8) is 0 Å². The second-order valence-electron chi connectivity index (χ2n) is 4.25. The minimum atomic E-state index is 0.514. The van der Waals surface area contributed by atoms with Crippen LogP contribution in [0.25, 0.3) is 0 Å². The SMILES string of the molecule is CCCCCC(C)c1cccc(N)c1N. The van der Waals surface area contributed by atoms with Crippen LogP contribution < -0.4 is 11.5 Å². The molecule has 0 bridgehead atoms. The van der Waals surface area contributed by atoms with Crippen molar-refractivity contribution in [1.82, 2.24) is 0 Å². The van der Waals surface area contributed by atoms with Crippen LogP contribution in [0.3, 0.4) is 0 Å². The highest BCUT2D eigenvalue weighted by atomic mass is 14.7. The fourth-order valence-electron chi connectivity index (χ4n) is 1.89. The molecule has 0 radical (unpaired) electrons. The van der Waals surface area contributed by atoms with Gasteiger partial charge in [0.05, 0.1) is 11.4 Å². The van der Waals surface area contributed by atoms with Gasteiger partial charge in [-0.25, -0.2) is 0 Å². The monoisotopic (exact) mass is 206 g/mol. The van der Waals surface area contributed by atoms with E-state index in [4.69, 9.17) is 11.5 Å². The molecule has 1 aromatic carbocycles. The minimum Gasteiger partial charge on any atom is -0.397 e. The van der Waals surface area contributed by atoms with Crippen molar-refractivity contribution in [3.8, 4) is 0 Å². The van der Waals surface area contributed by atoms with Crippen LogP contribution in [0.1, 0.15) is 51.0 Å². The Balaban J connectivity index is 2.65. The van der Waals surface area contributed by atoms with Crippen molar-refractivity contribution in [1.29, 1.82) is 0 Å². The number of nitrogen functional groups attached to an aromatic ring is 2. The molecule has 1 rings (SSSR count). The fourth-order valence-corrected chi connectivity index (χ4v) is 1.89. The number of nitrogens with two attached hydrogens (primary N) is 2. The summed E-state index contributed by atoms with van der Waals surface area (Å²) in [6, 6.07) is 5.93. The Morgan fingerprint density at radius 1 is 1.20 bits per heavy atom. The van der Waals surface area contributed by atoms with E-state index in [1.165, 1.54) is 31.2 Å². The lowest BCUT2D eigenvalue weighted by atomic mass is 9.93. The number of para-hydroxylation sites is 1. The summed E-state index contributed by atoms with van der Waals surface area (Å²) in [5.41, 5.74) is 14.4. The molecule has 0 aliphatic heterocycles. The molecule has 0 amide bonds. The van der Waals surface area contributed by atoms with Crippen molar-refractivity contribution >= 4 is 11.4 Å². The van der Waals surface area contributed by atoms with Gasteiger partial charge >= 0.3 is 0 Å². The normalized spacial score (nSPS) is 12.7. The average molecular weight is 206 g/mol. The predicted molar refractivity (Wildman–Crippen MR) is 67.8 cm³/mol. The summed E-state index contributed by atoms with van der Waals surface area (Å²) in [7, 11) is 0. The standard InChI is InChI=1S/C13H22N2/c1-3-4-5-7-10(2)11-8-6-9-12(14)13(11)15/h6,8-10H,3-5,7,14-15H2,1-2H3. The Kier molecular flexibility index (Phi) is 4.47. The van der Waals surface area contributed by atoms with Crippen LogP contribution >= 0.6 is 0 Å².